The third-order valence-corrected chi connectivity index (χ3v) is 4.01. The summed E-state index contributed by atoms with van der Waals surface area (Å²) in [4.78, 5) is 11.8. The number of amides is 1. The predicted octanol–water partition coefficient (Wildman–Crippen LogP) is 1.71. The maximum absolute atomic E-state index is 11.8. The van der Waals surface area contributed by atoms with Crippen LogP contribution < -0.4 is 16.4 Å². The zero-order valence-corrected chi connectivity index (χ0v) is 14.3. The van der Waals surface area contributed by atoms with E-state index in [0.29, 0.717) is 19.1 Å². The third kappa shape index (κ3) is 3.63. The van der Waals surface area contributed by atoms with E-state index in [1.165, 1.54) is 16.5 Å². The number of anilines is 1. The number of nitrogens with zero attached hydrogens (tertiary/aromatic N) is 3. The Morgan fingerprint density at radius 3 is 2.80 bits per heavy atom. The predicted molar refractivity (Wildman–Crippen MR) is 95.1 cm³/mol. The number of hydrogen-bond donors (Lipinski definition) is 3. The fourth-order valence-corrected chi connectivity index (χ4v) is 2.77. The maximum atomic E-state index is 11.8. The van der Waals surface area contributed by atoms with E-state index < -0.39 is 5.91 Å². The summed E-state index contributed by atoms with van der Waals surface area (Å²) in [5, 5.41) is 14.2. The normalized spacial score (nSPS) is 11.3. The molecular weight excluding hydrogens is 320 g/mol. The molecule has 0 saturated carbocycles. The monoisotopic (exact) mass is 342 g/mol. The van der Waals surface area contributed by atoms with Gasteiger partial charge in [-0.15, -0.1) is 0 Å². The van der Waals surface area contributed by atoms with E-state index in [-0.39, 0.29) is 11.5 Å². The molecule has 2 heterocycles. The highest BCUT2D eigenvalue weighted by atomic mass is 16.6. The van der Waals surface area contributed by atoms with Crippen molar-refractivity contribution in [1.82, 2.24) is 25.5 Å². The summed E-state index contributed by atoms with van der Waals surface area (Å²) < 4.78 is 6.68. The van der Waals surface area contributed by atoms with Crippen molar-refractivity contribution in [3.63, 3.8) is 0 Å². The fourth-order valence-electron chi connectivity index (χ4n) is 2.77. The Labute approximate surface area is 145 Å². The van der Waals surface area contributed by atoms with Crippen LogP contribution in [0.1, 0.15) is 35.9 Å². The van der Waals surface area contributed by atoms with Gasteiger partial charge in [-0.05, 0) is 35.8 Å². The topological polar surface area (TPSA) is 111 Å². The lowest BCUT2D eigenvalue weighted by Crippen LogP contribution is -2.32. The standard InChI is InChI=1S/C17H22N6O2/c1-11(2)23-10-12(13-5-3-4-6-14(13)23)9-19-7-8-20-17(24)15-16(18)22-25-21-15/h3-6,10-11,19H,7-9H2,1-2H3,(H2,18,22)(H,20,24). The van der Waals surface area contributed by atoms with E-state index >= 15 is 0 Å². The molecule has 0 spiro atoms. The van der Waals surface area contributed by atoms with Crippen LogP contribution in [0, 0.1) is 0 Å². The summed E-state index contributed by atoms with van der Waals surface area (Å²) in [6.07, 6.45) is 2.18. The third-order valence-electron chi connectivity index (χ3n) is 4.01. The van der Waals surface area contributed by atoms with Crippen molar-refractivity contribution >= 4 is 22.6 Å². The number of carbonyl (C=O) groups is 1. The average molecular weight is 342 g/mol. The Morgan fingerprint density at radius 1 is 1.28 bits per heavy atom. The zero-order valence-electron chi connectivity index (χ0n) is 14.3. The SMILES string of the molecule is CC(C)n1cc(CNCCNC(=O)c2nonc2N)c2ccccc21. The summed E-state index contributed by atoms with van der Waals surface area (Å²) in [5.41, 5.74) is 7.96. The first-order chi connectivity index (χ1) is 12.1. The van der Waals surface area contributed by atoms with E-state index in [4.69, 9.17) is 5.73 Å². The van der Waals surface area contributed by atoms with Crippen molar-refractivity contribution in [3.05, 3.63) is 41.7 Å². The van der Waals surface area contributed by atoms with Crippen LogP contribution in [0.15, 0.2) is 35.1 Å². The quantitative estimate of drug-likeness (QED) is 0.564. The van der Waals surface area contributed by atoms with Crippen molar-refractivity contribution in [1.29, 1.82) is 0 Å². The molecule has 0 unspecified atom stereocenters. The highest BCUT2D eigenvalue weighted by Crippen LogP contribution is 2.24. The number of rotatable bonds is 7. The Hall–Kier alpha value is -2.87. The zero-order chi connectivity index (χ0) is 17.8. The van der Waals surface area contributed by atoms with Crippen LogP contribution in [0.5, 0.6) is 0 Å². The molecule has 0 atom stereocenters. The first kappa shape index (κ1) is 17.0. The molecule has 8 heteroatoms. The van der Waals surface area contributed by atoms with Gasteiger partial charge in [0, 0.05) is 42.8 Å². The largest absolute Gasteiger partial charge is 0.379 e. The second kappa shape index (κ2) is 7.35. The fraction of sp³-hybridized carbons (Fsp3) is 0.353. The van der Waals surface area contributed by atoms with E-state index in [9.17, 15) is 4.79 Å². The lowest BCUT2D eigenvalue weighted by molar-refractivity contribution is 0.0944. The molecule has 1 amide bonds. The van der Waals surface area contributed by atoms with Gasteiger partial charge in [0.25, 0.3) is 5.91 Å². The van der Waals surface area contributed by atoms with Crippen LogP contribution in [-0.4, -0.2) is 33.9 Å². The van der Waals surface area contributed by atoms with Crippen LogP contribution in [0.3, 0.4) is 0 Å². The number of fused-ring (bicyclic) bond motifs is 1. The van der Waals surface area contributed by atoms with Crippen molar-refractivity contribution < 1.29 is 9.42 Å². The van der Waals surface area contributed by atoms with Gasteiger partial charge in [-0.25, -0.2) is 4.63 Å². The van der Waals surface area contributed by atoms with Crippen LogP contribution in [0.25, 0.3) is 10.9 Å². The Bertz CT molecular complexity index is 867. The second-order valence-corrected chi connectivity index (χ2v) is 6.10. The Kier molecular flexibility index (Phi) is 4.99. The molecule has 25 heavy (non-hydrogen) atoms. The second-order valence-electron chi connectivity index (χ2n) is 6.10. The summed E-state index contributed by atoms with van der Waals surface area (Å²) in [7, 11) is 0. The molecule has 3 rings (SSSR count). The number of nitrogen functional groups attached to an aromatic ring is 1. The molecule has 0 bridgehead atoms. The Morgan fingerprint density at radius 2 is 2.08 bits per heavy atom. The number of aromatic nitrogens is 3. The molecule has 4 N–H and O–H groups in total. The molecule has 0 aliphatic heterocycles. The lowest BCUT2D eigenvalue weighted by Gasteiger charge is -2.08. The van der Waals surface area contributed by atoms with Crippen LogP contribution in [0.4, 0.5) is 5.82 Å². The molecule has 0 aliphatic rings. The van der Waals surface area contributed by atoms with Gasteiger partial charge in [0.2, 0.25) is 11.5 Å². The van der Waals surface area contributed by atoms with E-state index in [0.717, 1.165) is 6.54 Å². The molecule has 0 saturated heterocycles. The number of hydrogen-bond acceptors (Lipinski definition) is 6. The number of nitrogens with two attached hydrogens (primary N) is 1. The minimum Gasteiger partial charge on any atom is -0.379 e. The summed E-state index contributed by atoms with van der Waals surface area (Å²) in [6, 6.07) is 8.77. The van der Waals surface area contributed by atoms with Gasteiger partial charge >= 0.3 is 0 Å². The van der Waals surface area contributed by atoms with E-state index in [1.807, 2.05) is 6.07 Å². The van der Waals surface area contributed by atoms with Gasteiger partial charge in [0.15, 0.2) is 0 Å². The molecule has 3 aromatic rings. The summed E-state index contributed by atoms with van der Waals surface area (Å²) in [5.74, 6) is -0.399. The van der Waals surface area contributed by atoms with Gasteiger partial charge in [-0.2, -0.15) is 0 Å². The van der Waals surface area contributed by atoms with Gasteiger partial charge in [0.1, 0.15) is 0 Å². The smallest absolute Gasteiger partial charge is 0.277 e. The van der Waals surface area contributed by atoms with Crippen molar-refractivity contribution in [2.45, 2.75) is 26.4 Å². The van der Waals surface area contributed by atoms with Gasteiger partial charge in [-0.3, -0.25) is 4.79 Å². The molecule has 0 fully saturated rings. The number of benzene rings is 1. The number of para-hydroxylation sites is 1. The molecule has 8 nitrogen and oxygen atoms in total. The van der Waals surface area contributed by atoms with Crippen molar-refractivity contribution in [2.24, 2.45) is 0 Å². The van der Waals surface area contributed by atoms with Gasteiger partial charge < -0.3 is 20.9 Å². The van der Waals surface area contributed by atoms with Crippen molar-refractivity contribution in [3.8, 4) is 0 Å². The molecule has 0 radical (unpaired) electrons. The van der Waals surface area contributed by atoms with Gasteiger partial charge in [0.05, 0.1) is 0 Å². The number of nitrogens with one attached hydrogen (secondary N) is 2. The van der Waals surface area contributed by atoms with Crippen LogP contribution in [0.2, 0.25) is 0 Å². The molecule has 2 aromatic heterocycles. The van der Waals surface area contributed by atoms with E-state index in [1.54, 1.807) is 0 Å². The Balaban J connectivity index is 1.54. The number of carbonyl (C=O) groups excluding carboxylic acids is 1. The summed E-state index contributed by atoms with van der Waals surface area (Å²) >= 11 is 0. The highest BCUT2D eigenvalue weighted by molar-refractivity contribution is 5.95. The maximum Gasteiger partial charge on any atom is 0.277 e. The first-order valence-corrected chi connectivity index (χ1v) is 8.23. The minimum absolute atomic E-state index is 0.00745. The van der Waals surface area contributed by atoms with Crippen LogP contribution >= 0.6 is 0 Å². The molecule has 1 aromatic carbocycles. The molecule has 132 valence electrons. The van der Waals surface area contributed by atoms with E-state index in [2.05, 4.69) is 68.4 Å². The highest BCUT2D eigenvalue weighted by Gasteiger charge is 2.15. The van der Waals surface area contributed by atoms with Crippen LogP contribution in [-0.2, 0) is 6.54 Å². The molecule has 0 aliphatic carbocycles. The van der Waals surface area contributed by atoms with Gasteiger partial charge in [-0.1, -0.05) is 18.2 Å². The summed E-state index contributed by atoms with van der Waals surface area (Å²) in [6.45, 7) is 6.14. The van der Waals surface area contributed by atoms with Crippen molar-refractivity contribution in [2.75, 3.05) is 18.8 Å². The minimum atomic E-state index is -0.392. The lowest BCUT2D eigenvalue weighted by atomic mass is 10.2. The first-order valence-electron chi connectivity index (χ1n) is 8.23. The average Bonchev–Trinajstić information content (AvgIpc) is 3.18. The molecular formula is C17H22N6O2.